The molecule has 232 valence electrons. The molecule has 1 spiro atoms. The summed E-state index contributed by atoms with van der Waals surface area (Å²) < 4.78 is 6.28. The van der Waals surface area contributed by atoms with E-state index in [9.17, 15) is 5.26 Å². The van der Waals surface area contributed by atoms with Crippen LogP contribution in [0.1, 0.15) is 48.8 Å². The van der Waals surface area contributed by atoms with Crippen molar-refractivity contribution in [3.05, 3.63) is 144 Å². The number of para-hydroxylation sites is 1. The molecule has 2 aliphatic rings. The number of hydrogen-bond acceptors (Lipinski definition) is 4. The van der Waals surface area contributed by atoms with Gasteiger partial charge in [0.05, 0.1) is 23.0 Å². The quantitative estimate of drug-likeness (QED) is 0.195. The molecule has 49 heavy (non-hydrogen) atoms. The second-order valence-corrected chi connectivity index (χ2v) is 13.6. The van der Waals surface area contributed by atoms with Crippen molar-refractivity contribution in [1.29, 1.82) is 5.26 Å². The first-order chi connectivity index (χ1) is 24.2. The number of furan rings is 1. The van der Waals surface area contributed by atoms with Crippen LogP contribution in [0.15, 0.2) is 132 Å². The number of hydrogen-bond donors (Lipinski definition) is 0. The third-order valence-corrected chi connectivity index (χ3v) is 10.9. The molecule has 0 N–H and O–H groups in total. The van der Waals surface area contributed by atoms with Crippen LogP contribution < -0.4 is 0 Å². The third-order valence-electron chi connectivity index (χ3n) is 10.9. The second kappa shape index (κ2) is 10.7. The van der Waals surface area contributed by atoms with E-state index in [0.717, 1.165) is 74.0 Å². The predicted octanol–water partition coefficient (Wildman–Crippen LogP) is 11.6. The molecule has 2 aliphatic carbocycles. The van der Waals surface area contributed by atoms with E-state index in [-0.39, 0.29) is 5.41 Å². The monoisotopic (exact) mass is 629 g/mol. The van der Waals surface area contributed by atoms with Gasteiger partial charge in [-0.25, -0.2) is 9.97 Å². The van der Waals surface area contributed by atoms with E-state index in [0.29, 0.717) is 5.82 Å². The van der Waals surface area contributed by atoms with Gasteiger partial charge in [-0.1, -0.05) is 104 Å². The van der Waals surface area contributed by atoms with Crippen molar-refractivity contribution in [3.63, 3.8) is 0 Å². The largest absolute Gasteiger partial charge is 0.456 e. The number of nitriles is 1. The number of aromatic nitrogens is 2. The Morgan fingerprint density at radius 1 is 0.571 bits per heavy atom. The zero-order chi connectivity index (χ0) is 32.5. The summed E-state index contributed by atoms with van der Waals surface area (Å²) in [6, 6.07) is 47.1. The summed E-state index contributed by atoms with van der Waals surface area (Å²) in [5.41, 5.74) is 12.1. The lowest BCUT2D eigenvalue weighted by Crippen LogP contribution is -2.28. The van der Waals surface area contributed by atoms with E-state index >= 15 is 0 Å². The summed E-state index contributed by atoms with van der Waals surface area (Å²) in [5, 5.41) is 14.7. The van der Waals surface area contributed by atoms with Gasteiger partial charge in [0.2, 0.25) is 0 Å². The van der Waals surface area contributed by atoms with E-state index in [1.54, 1.807) is 0 Å². The maximum atomic E-state index is 10.1. The highest BCUT2D eigenvalue weighted by atomic mass is 16.3. The molecular formula is C45H31N3O. The first-order valence-electron chi connectivity index (χ1n) is 17.2. The Hall–Kier alpha value is -6.05. The maximum Gasteiger partial charge on any atom is 0.160 e. The van der Waals surface area contributed by atoms with E-state index in [1.807, 2.05) is 24.3 Å². The fourth-order valence-corrected chi connectivity index (χ4v) is 8.58. The normalized spacial score (nSPS) is 14.7. The molecule has 8 aromatic rings. The molecule has 2 aromatic heterocycles. The minimum atomic E-state index is -0.0743. The van der Waals surface area contributed by atoms with Crippen molar-refractivity contribution in [3.8, 4) is 51.1 Å². The highest BCUT2D eigenvalue weighted by Gasteiger charge is 2.44. The minimum absolute atomic E-state index is 0.0743. The van der Waals surface area contributed by atoms with Crippen LogP contribution in [0.3, 0.4) is 0 Å². The van der Waals surface area contributed by atoms with E-state index in [4.69, 9.17) is 14.4 Å². The maximum absolute atomic E-state index is 10.1. The second-order valence-electron chi connectivity index (χ2n) is 13.6. The highest BCUT2D eigenvalue weighted by Crippen LogP contribution is 2.57. The zero-order valence-electron chi connectivity index (χ0n) is 26.9. The lowest BCUT2D eigenvalue weighted by molar-refractivity contribution is 0.353. The van der Waals surface area contributed by atoms with Gasteiger partial charge in [0.25, 0.3) is 0 Å². The molecule has 0 atom stereocenters. The van der Waals surface area contributed by atoms with Crippen molar-refractivity contribution < 1.29 is 4.42 Å². The summed E-state index contributed by atoms with van der Waals surface area (Å²) in [7, 11) is 0. The third kappa shape index (κ3) is 4.29. The fourth-order valence-electron chi connectivity index (χ4n) is 8.58. The van der Waals surface area contributed by atoms with Crippen LogP contribution in [0.4, 0.5) is 0 Å². The minimum Gasteiger partial charge on any atom is -0.456 e. The van der Waals surface area contributed by atoms with Crippen LogP contribution in [-0.2, 0) is 5.41 Å². The van der Waals surface area contributed by atoms with Gasteiger partial charge in [-0.15, -0.1) is 0 Å². The molecule has 4 nitrogen and oxygen atoms in total. The fraction of sp³-hybridized carbons (Fsp3) is 0.133. The number of rotatable bonds is 3. The Morgan fingerprint density at radius 2 is 1.31 bits per heavy atom. The van der Waals surface area contributed by atoms with Crippen LogP contribution in [-0.4, -0.2) is 9.97 Å². The number of nitrogens with zero attached hydrogens (tertiary/aromatic N) is 3. The summed E-state index contributed by atoms with van der Waals surface area (Å²) in [6.45, 7) is 0. The molecule has 2 heterocycles. The smallest absolute Gasteiger partial charge is 0.160 e. The highest BCUT2D eigenvalue weighted by molar-refractivity contribution is 6.05. The summed E-state index contributed by atoms with van der Waals surface area (Å²) >= 11 is 0. The molecule has 0 amide bonds. The van der Waals surface area contributed by atoms with Gasteiger partial charge in [-0.05, 0) is 82.8 Å². The molecule has 0 radical (unpaired) electrons. The lowest BCUT2D eigenvalue weighted by Gasteiger charge is -2.36. The van der Waals surface area contributed by atoms with E-state index < -0.39 is 0 Å². The number of benzene rings is 6. The van der Waals surface area contributed by atoms with Gasteiger partial charge in [-0.3, -0.25) is 0 Å². The average Bonchev–Trinajstić information content (AvgIpc) is 3.67. The molecule has 6 aromatic carbocycles. The topological polar surface area (TPSA) is 62.7 Å². The lowest BCUT2D eigenvalue weighted by atomic mass is 9.67. The van der Waals surface area contributed by atoms with Crippen LogP contribution >= 0.6 is 0 Å². The Morgan fingerprint density at radius 3 is 2.16 bits per heavy atom. The number of fused-ring (bicyclic) bond motifs is 9. The van der Waals surface area contributed by atoms with Crippen LogP contribution in [0.2, 0.25) is 0 Å². The molecule has 0 bridgehead atoms. The van der Waals surface area contributed by atoms with Crippen LogP contribution in [0, 0.1) is 11.3 Å². The molecule has 0 aliphatic heterocycles. The summed E-state index contributed by atoms with van der Waals surface area (Å²) in [6.07, 6.45) is 5.83. The van der Waals surface area contributed by atoms with Crippen molar-refractivity contribution in [2.45, 2.75) is 37.5 Å². The van der Waals surface area contributed by atoms with Crippen molar-refractivity contribution >= 4 is 32.7 Å². The Labute approximate surface area is 284 Å². The van der Waals surface area contributed by atoms with Crippen LogP contribution in [0.25, 0.3) is 77.7 Å². The molecule has 1 fully saturated rings. The van der Waals surface area contributed by atoms with Gasteiger partial charge in [0, 0.05) is 38.4 Å². The van der Waals surface area contributed by atoms with Crippen LogP contribution in [0.5, 0.6) is 0 Å². The molecule has 10 rings (SSSR count). The molecule has 0 unspecified atom stereocenters. The van der Waals surface area contributed by atoms with Gasteiger partial charge in [-0.2, -0.15) is 5.26 Å². The van der Waals surface area contributed by atoms with Crippen molar-refractivity contribution in [1.82, 2.24) is 9.97 Å². The van der Waals surface area contributed by atoms with Gasteiger partial charge in [0.1, 0.15) is 11.2 Å². The van der Waals surface area contributed by atoms with Gasteiger partial charge in [0.15, 0.2) is 5.82 Å². The summed E-state index contributed by atoms with van der Waals surface area (Å²) in [5.74, 6) is 0.658. The molecule has 0 saturated heterocycles. The SMILES string of the molecule is N#Cc1cccc2c1-c1ccc(-c3cc(-c4ccc5ccccc5c4)nc(-c4ccc5c(c4)oc4ccccc45)n3)cc1C21CCCCC1. The van der Waals surface area contributed by atoms with E-state index in [2.05, 4.69) is 109 Å². The molecule has 4 heteroatoms. The molecular weight excluding hydrogens is 599 g/mol. The first kappa shape index (κ1) is 28.0. The van der Waals surface area contributed by atoms with Crippen molar-refractivity contribution in [2.75, 3.05) is 0 Å². The zero-order valence-corrected chi connectivity index (χ0v) is 26.9. The average molecular weight is 630 g/mol. The predicted molar refractivity (Wildman–Crippen MR) is 197 cm³/mol. The van der Waals surface area contributed by atoms with Gasteiger partial charge < -0.3 is 4.42 Å². The van der Waals surface area contributed by atoms with Crippen molar-refractivity contribution in [2.24, 2.45) is 0 Å². The Kier molecular flexibility index (Phi) is 6.14. The standard InChI is InChI=1S/C45H31N3O/c46-27-33-11-8-13-37-43(33)36-20-17-31(24-38(36)45(37)21-6-1-7-22-45)40-26-39(30-16-15-28-9-2-3-10-29(28)23-30)47-44(48-40)32-18-19-35-34-12-4-5-14-41(34)49-42(35)25-32/h2-5,8-20,23-26H,1,6-7,21-22H2. The van der Waals surface area contributed by atoms with E-state index in [1.165, 1.54) is 46.7 Å². The Bertz CT molecular complexity index is 2670. The summed E-state index contributed by atoms with van der Waals surface area (Å²) in [4.78, 5) is 10.4. The first-order valence-corrected chi connectivity index (χ1v) is 17.2. The Balaban J connectivity index is 1.18. The van der Waals surface area contributed by atoms with Gasteiger partial charge >= 0.3 is 0 Å². The molecule has 1 saturated carbocycles.